The number of alkyl halides is 3. The van der Waals surface area contributed by atoms with Crippen molar-refractivity contribution in [2.24, 2.45) is 7.05 Å². The zero-order valence-electron chi connectivity index (χ0n) is 27.7. The average Bonchev–Trinajstić information content (AvgIpc) is 3.53. The molecule has 17 heteroatoms. The SMILES string of the molecule is COc1ccc(C(C(=O)Nc2ccc3c(c2)OCCO3)N(C)C2CCCC(N(C)C(=O)c3ncn(C)n3)C2)c(OC)c1.O=C(O)C(F)(F)F. The summed E-state index contributed by atoms with van der Waals surface area (Å²) in [6.45, 7) is 0.944. The number of hydrogen-bond donors (Lipinski definition) is 2. The van der Waals surface area contributed by atoms with Crippen LogP contribution in [0.2, 0.25) is 0 Å². The maximum Gasteiger partial charge on any atom is 0.490 e. The van der Waals surface area contributed by atoms with Crippen LogP contribution in [0.4, 0.5) is 18.9 Å². The number of aryl methyl sites for hydroxylation is 1. The number of likely N-dealkylation sites (N-methyl/N-ethyl adjacent to an activating group) is 1. The molecule has 2 aromatic carbocycles. The van der Waals surface area contributed by atoms with Gasteiger partial charge in [0.15, 0.2) is 11.5 Å². The van der Waals surface area contributed by atoms with Crippen molar-refractivity contribution in [2.45, 2.75) is 50.0 Å². The van der Waals surface area contributed by atoms with Crippen LogP contribution >= 0.6 is 0 Å². The zero-order valence-corrected chi connectivity index (χ0v) is 27.7. The van der Waals surface area contributed by atoms with Crippen LogP contribution in [0.15, 0.2) is 42.7 Å². The van der Waals surface area contributed by atoms with Crippen LogP contribution in [0.25, 0.3) is 0 Å². The first-order valence-corrected chi connectivity index (χ1v) is 15.3. The summed E-state index contributed by atoms with van der Waals surface area (Å²) < 4.78 is 55.7. The van der Waals surface area contributed by atoms with E-state index >= 15 is 0 Å². The molecule has 3 unspecified atom stereocenters. The quantitative estimate of drug-likeness (QED) is 0.335. The lowest BCUT2D eigenvalue weighted by molar-refractivity contribution is -0.192. The van der Waals surface area contributed by atoms with Crippen molar-refractivity contribution in [3.63, 3.8) is 0 Å². The van der Waals surface area contributed by atoms with Gasteiger partial charge < -0.3 is 34.3 Å². The van der Waals surface area contributed by atoms with Crippen LogP contribution in [0.3, 0.4) is 0 Å². The Kier molecular flexibility index (Phi) is 11.9. The Balaban J connectivity index is 0.000000698. The number of aliphatic carboxylic acids is 1. The first kappa shape index (κ1) is 36.8. The summed E-state index contributed by atoms with van der Waals surface area (Å²) in [5.74, 6) is -0.596. The molecule has 1 aliphatic heterocycles. The topological polar surface area (TPSA) is 158 Å². The minimum absolute atomic E-state index is 0.0125. The lowest BCUT2D eigenvalue weighted by Gasteiger charge is -2.41. The van der Waals surface area contributed by atoms with Gasteiger partial charge in [0.2, 0.25) is 11.7 Å². The number of methoxy groups -OCH3 is 2. The molecular formula is C32H39F3N6O8. The molecule has 1 saturated carbocycles. The van der Waals surface area contributed by atoms with Gasteiger partial charge in [0.05, 0.1) is 14.2 Å². The number of ether oxygens (including phenoxy) is 4. The molecule has 0 bridgehead atoms. The number of halogens is 3. The maximum absolute atomic E-state index is 14.1. The molecule has 2 aliphatic rings. The van der Waals surface area contributed by atoms with E-state index in [4.69, 9.17) is 28.8 Å². The molecule has 1 aromatic heterocycles. The molecule has 266 valence electrons. The van der Waals surface area contributed by atoms with Crippen molar-refractivity contribution >= 4 is 23.5 Å². The molecule has 14 nitrogen and oxygen atoms in total. The smallest absolute Gasteiger partial charge is 0.490 e. The summed E-state index contributed by atoms with van der Waals surface area (Å²) in [7, 11) is 8.65. The van der Waals surface area contributed by atoms with E-state index < -0.39 is 18.2 Å². The number of carboxylic acids is 1. The Hall–Kier alpha value is -5.06. The van der Waals surface area contributed by atoms with Crippen molar-refractivity contribution in [2.75, 3.05) is 46.8 Å². The van der Waals surface area contributed by atoms with Gasteiger partial charge in [-0.25, -0.2) is 9.78 Å². The first-order valence-electron chi connectivity index (χ1n) is 15.3. The summed E-state index contributed by atoms with van der Waals surface area (Å²) in [6.07, 6.45) is -0.227. The number of aromatic nitrogens is 3. The number of anilines is 1. The number of nitrogens with zero attached hydrogens (tertiary/aromatic N) is 5. The van der Waals surface area contributed by atoms with Crippen LogP contribution < -0.4 is 24.3 Å². The van der Waals surface area contributed by atoms with Gasteiger partial charge in [-0.3, -0.25) is 19.2 Å². The Labute approximate surface area is 280 Å². The summed E-state index contributed by atoms with van der Waals surface area (Å²) in [4.78, 5) is 44.1. The predicted octanol–water partition coefficient (Wildman–Crippen LogP) is 3.93. The molecule has 0 saturated heterocycles. The molecule has 1 fully saturated rings. The van der Waals surface area contributed by atoms with E-state index in [0.29, 0.717) is 53.9 Å². The highest BCUT2D eigenvalue weighted by Crippen LogP contribution is 2.38. The molecular weight excluding hydrogens is 653 g/mol. The van der Waals surface area contributed by atoms with Gasteiger partial charge in [0, 0.05) is 49.6 Å². The fourth-order valence-electron chi connectivity index (χ4n) is 5.75. The fraction of sp³-hybridized carbons (Fsp3) is 0.469. The van der Waals surface area contributed by atoms with E-state index in [9.17, 15) is 22.8 Å². The number of rotatable bonds is 9. The number of nitrogens with one attached hydrogen (secondary N) is 1. The number of fused-ring (bicyclic) bond motifs is 1. The molecule has 49 heavy (non-hydrogen) atoms. The lowest BCUT2D eigenvalue weighted by atomic mass is 9.87. The largest absolute Gasteiger partial charge is 0.497 e. The highest BCUT2D eigenvalue weighted by molar-refractivity contribution is 5.96. The molecule has 2 N–H and O–H groups in total. The predicted molar refractivity (Wildman–Crippen MR) is 169 cm³/mol. The van der Waals surface area contributed by atoms with E-state index in [1.54, 1.807) is 57.5 Å². The summed E-state index contributed by atoms with van der Waals surface area (Å²) in [5.41, 5.74) is 1.31. The molecule has 0 spiro atoms. The first-order chi connectivity index (χ1) is 23.2. The van der Waals surface area contributed by atoms with Gasteiger partial charge in [-0.1, -0.05) is 0 Å². The Morgan fingerprint density at radius 3 is 2.31 bits per heavy atom. The second-order valence-corrected chi connectivity index (χ2v) is 11.5. The summed E-state index contributed by atoms with van der Waals surface area (Å²) >= 11 is 0. The Morgan fingerprint density at radius 2 is 1.69 bits per heavy atom. The number of carbonyl (C=O) groups is 3. The zero-order chi connectivity index (χ0) is 35.9. The van der Waals surface area contributed by atoms with Gasteiger partial charge >= 0.3 is 12.1 Å². The van der Waals surface area contributed by atoms with Gasteiger partial charge in [-0.15, -0.1) is 5.10 Å². The summed E-state index contributed by atoms with van der Waals surface area (Å²) in [5, 5.41) is 14.4. The van der Waals surface area contributed by atoms with Gasteiger partial charge in [0.1, 0.15) is 37.1 Å². The molecule has 3 atom stereocenters. The molecule has 2 heterocycles. The van der Waals surface area contributed by atoms with Crippen molar-refractivity contribution in [1.29, 1.82) is 0 Å². The van der Waals surface area contributed by atoms with E-state index in [1.165, 1.54) is 11.0 Å². The molecule has 3 aromatic rings. The minimum Gasteiger partial charge on any atom is -0.497 e. The highest BCUT2D eigenvalue weighted by atomic mass is 19.4. The number of hydrogen-bond acceptors (Lipinski definition) is 10. The van der Waals surface area contributed by atoms with Crippen LogP contribution in [-0.2, 0) is 16.6 Å². The van der Waals surface area contributed by atoms with Crippen LogP contribution in [0.1, 0.15) is 47.9 Å². The standard InChI is InChI=1S/C30H38N6O6.C2HF3O2/c1-34-18-31-28(33-34)30(38)36(3)21-8-6-7-20(16-21)35(2)27(23-11-10-22(39-4)17-25(23)40-5)29(37)32-19-9-12-24-26(15-19)42-14-13-41-24;3-2(4,5)1(6)7/h9-12,15,17-18,20-21,27H,6-8,13-14,16H2,1-5H3,(H,32,37);(H,6,7). The molecule has 0 radical (unpaired) electrons. The van der Waals surface area contributed by atoms with E-state index in [-0.39, 0.29) is 29.7 Å². The highest BCUT2D eigenvalue weighted by Gasteiger charge is 2.39. The van der Waals surface area contributed by atoms with E-state index in [0.717, 1.165) is 19.3 Å². The third-order valence-electron chi connectivity index (χ3n) is 8.30. The van der Waals surface area contributed by atoms with Crippen molar-refractivity contribution in [3.05, 3.63) is 54.1 Å². The van der Waals surface area contributed by atoms with Crippen molar-refractivity contribution in [3.8, 4) is 23.0 Å². The van der Waals surface area contributed by atoms with Crippen LogP contribution in [0, 0.1) is 0 Å². The number of carboxylic acid groups (broad SMARTS) is 1. The second-order valence-electron chi connectivity index (χ2n) is 11.5. The van der Waals surface area contributed by atoms with E-state index in [1.807, 2.05) is 19.2 Å². The normalized spacial score (nSPS) is 17.7. The average molecular weight is 693 g/mol. The molecule has 2 amide bonds. The van der Waals surface area contributed by atoms with Crippen molar-refractivity contribution in [1.82, 2.24) is 24.6 Å². The van der Waals surface area contributed by atoms with Gasteiger partial charge in [0.25, 0.3) is 5.91 Å². The number of benzene rings is 2. The monoisotopic (exact) mass is 692 g/mol. The maximum atomic E-state index is 14.1. The van der Waals surface area contributed by atoms with Gasteiger partial charge in [-0.2, -0.15) is 13.2 Å². The Bertz CT molecular complexity index is 1630. The molecule has 5 rings (SSSR count). The van der Waals surface area contributed by atoms with Crippen LogP contribution in [-0.4, -0.2) is 107 Å². The third kappa shape index (κ3) is 9.10. The fourth-order valence-corrected chi connectivity index (χ4v) is 5.75. The Morgan fingerprint density at radius 1 is 1.02 bits per heavy atom. The summed E-state index contributed by atoms with van der Waals surface area (Å²) in [6, 6.07) is 10.1. The number of carbonyl (C=O) groups excluding carboxylic acids is 2. The third-order valence-corrected chi connectivity index (χ3v) is 8.30. The second kappa shape index (κ2) is 15.9. The lowest BCUT2D eigenvalue weighted by Crippen LogP contribution is -2.48. The van der Waals surface area contributed by atoms with Crippen LogP contribution in [0.5, 0.6) is 23.0 Å². The minimum atomic E-state index is -5.08. The van der Waals surface area contributed by atoms with E-state index in [2.05, 4.69) is 20.3 Å². The van der Waals surface area contributed by atoms with Gasteiger partial charge in [-0.05, 0) is 57.0 Å². The van der Waals surface area contributed by atoms with Crippen molar-refractivity contribution < 1.29 is 51.6 Å². The number of amides is 2. The molecule has 1 aliphatic carbocycles.